The number of nitrogens with one attached hydrogen (secondary N) is 1. The quantitative estimate of drug-likeness (QED) is 0.0308. The normalized spacial score (nSPS) is 14.1. The SMILES string of the molecule is CCCCCCCC/C=C/CC/C=C/CC/C=C/CCCC(O)C(O)C(CO)NC(=O)C(O)CCCCCCCCCCCCCCCCC/C=C\CCCCCCCCCCCCCC. The highest BCUT2D eigenvalue weighted by molar-refractivity contribution is 5.80. The zero-order valence-corrected chi connectivity index (χ0v) is 43.9. The van der Waals surface area contributed by atoms with E-state index in [1.54, 1.807) is 0 Å². The first-order valence-electron chi connectivity index (χ1n) is 29.0. The Bertz CT molecular complexity index is 1090. The number of allylic oxidation sites excluding steroid dienone is 8. The van der Waals surface area contributed by atoms with Crippen molar-refractivity contribution in [3.05, 3.63) is 48.6 Å². The third-order valence-corrected chi connectivity index (χ3v) is 13.5. The predicted octanol–water partition coefficient (Wildman–Crippen LogP) is 17.0. The third-order valence-electron chi connectivity index (χ3n) is 13.5. The monoisotopic (exact) mass is 928 g/mol. The lowest BCUT2D eigenvalue weighted by atomic mass is 10.00. The number of aliphatic hydroxyl groups is 4. The standard InChI is InChI=1S/C60H113NO5/c1-3-5-7-9-11-13-15-17-19-21-23-24-25-26-27-28-29-30-31-32-33-34-36-38-40-42-44-46-48-50-52-54-58(64)60(66)61-56(55-62)59(65)57(63)53-51-49-47-45-43-41-39-37-35-22-20-18-16-14-12-10-8-6-4-2/h18,20,26-27,37,39,45,47,56-59,62-65H,3-17,19,21-25,28-36,38,40-44,46,48-55H2,1-2H3,(H,61,66)/b20-18+,27-26-,39-37+,47-45+. The molecule has 0 spiro atoms. The molecule has 0 fully saturated rings. The molecule has 0 aromatic carbocycles. The summed E-state index contributed by atoms with van der Waals surface area (Å²) in [6, 6.07) is -1.01. The number of amides is 1. The van der Waals surface area contributed by atoms with Crippen molar-refractivity contribution >= 4 is 5.91 Å². The Hall–Kier alpha value is -1.73. The summed E-state index contributed by atoms with van der Waals surface area (Å²) >= 11 is 0. The van der Waals surface area contributed by atoms with Crippen molar-refractivity contribution in [1.82, 2.24) is 5.32 Å². The predicted molar refractivity (Wildman–Crippen MR) is 288 cm³/mol. The molecule has 4 unspecified atom stereocenters. The lowest BCUT2D eigenvalue weighted by molar-refractivity contribution is -0.132. The molecule has 388 valence electrons. The molecule has 0 aliphatic heterocycles. The maximum Gasteiger partial charge on any atom is 0.249 e. The first-order valence-corrected chi connectivity index (χ1v) is 29.0. The van der Waals surface area contributed by atoms with Gasteiger partial charge in [-0.1, -0.05) is 255 Å². The van der Waals surface area contributed by atoms with Crippen LogP contribution in [0.3, 0.4) is 0 Å². The molecule has 0 aliphatic carbocycles. The fourth-order valence-electron chi connectivity index (χ4n) is 8.90. The van der Waals surface area contributed by atoms with Gasteiger partial charge in [-0.25, -0.2) is 0 Å². The van der Waals surface area contributed by atoms with Crippen LogP contribution in [0, 0.1) is 0 Å². The minimum absolute atomic E-state index is 0.359. The van der Waals surface area contributed by atoms with Gasteiger partial charge in [-0.05, 0) is 89.9 Å². The molecule has 0 saturated carbocycles. The van der Waals surface area contributed by atoms with Gasteiger partial charge in [0.1, 0.15) is 12.2 Å². The second-order valence-corrected chi connectivity index (χ2v) is 20.0. The molecule has 0 aromatic rings. The highest BCUT2D eigenvalue weighted by atomic mass is 16.3. The van der Waals surface area contributed by atoms with Crippen molar-refractivity contribution in [1.29, 1.82) is 0 Å². The molecule has 4 atom stereocenters. The van der Waals surface area contributed by atoms with Crippen LogP contribution in [-0.2, 0) is 4.79 Å². The van der Waals surface area contributed by atoms with Crippen molar-refractivity contribution in [2.45, 2.75) is 321 Å². The van der Waals surface area contributed by atoms with Gasteiger partial charge < -0.3 is 25.7 Å². The molecule has 0 radical (unpaired) electrons. The highest BCUT2D eigenvalue weighted by Gasteiger charge is 2.28. The molecule has 0 rings (SSSR count). The van der Waals surface area contributed by atoms with Crippen molar-refractivity contribution in [2.75, 3.05) is 6.61 Å². The zero-order valence-electron chi connectivity index (χ0n) is 43.9. The van der Waals surface area contributed by atoms with E-state index < -0.39 is 36.9 Å². The lowest BCUT2D eigenvalue weighted by Crippen LogP contribution is -2.53. The molecular weight excluding hydrogens is 815 g/mol. The van der Waals surface area contributed by atoms with Crippen molar-refractivity contribution in [3.8, 4) is 0 Å². The Labute approximate surface area is 410 Å². The van der Waals surface area contributed by atoms with Crippen molar-refractivity contribution in [2.24, 2.45) is 0 Å². The van der Waals surface area contributed by atoms with Crippen molar-refractivity contribution in [3.63, 3.8) is 0 Å². The highest BCUT2D eigenvalue weighted by Crippen LogP contribution is 2.17. The lowest BCUT2D eigenvalue weighted by Gasteiger charge is -2.27. The van der Waals surface area contributed by atoms with E-state index in [9.17, 15) is 25.2 Å². The summed E-state index contributed by atoms with van der Waals surface area (Å²) in [7, 11) is 0. The van der Waals surface area contributed by atoms with Crippen LogP contribution in [0.4, 0.5) is 0 Å². The van der Waals surface area contributed by atoms with E-state index in [0.717, 1.165) is 51.4 Å². The van der Waals surface area contributed by atoms with E-state index in [2.05, 4.69) is 67.8 Å². The molecule has 0 heterocycles. The number of carbonyl (C=O) groups excluding carboxylic acids is 1. The number of unbranched alkanes of at least 4 members (excludes halogenated alkanes) is 36. The molecule has 66 heavy (non-hydrogen) atoms. The molecule has 0 saturated heterocycles. The topological polar surface area (TPSA) is 110 Å². The molecule has 6 heteroatoms. The number of hydrogen-bond acceptors (Lipinski definition) is 5. The average Bonchev–Trinajstić information content (AvgIpc) is 3.32. The van der Waals surface area contributed by atoms with Crippen LogP contribution in [0.25, 0.3) is 0 Å². The van der Waals surface area contributed by atoms with Crippen LogP contribution in [-0.4, -0.2) is 57.3 Å². The van der Waals surface area contributed by atoms with Crippen LogP contribution in [0.2, 0.25) is 0 Å². The summed E-state index contributed by atoms with van der Waals surface area (Å²) in [5.74, 6) is -0.597. The minimum atomic E-state index is -1.29. The van der Waals surface area contributed by atoms with Gasteiger partial charge in [0.15, 0.2) is 0 Å². The van der Waals surface area contributed by atoms with Gasteiger partial charge in [-0.2, -0.15) is 0 Å². The van der Waals surface area contributed by atoms with Gasteiger partial charge >= 0.3 is 0 Å². The number of hydrogen-bond donors (Lipinski definition) is 5. The second-order valence-electron chi connectivity index (χ2n) is 20.0. The summed E-state index contributed by atoms with van der Waals surface area (Å²) in [6.45, 7) is 4.05. The fourth-order valence-corrected chi connectivity index (χ4v) is 8.90. The number of rotatable bonds is 53. The Morgan fingerprint density at radius 3 is 0.955 bits per heavy atom. The summed E-state index contributed by atoms with van der Waals surface area (Å²) < 4.78 is 0. The third kappa shape index (κ3) is 47.3. The molecule has 0 aliphatic rings. The number of carbonyl (C=O) groups is 1. The van der Waals surface area contributed by atoms with Gasteiger partial charge in [-0.15, -0.1) is 0 Å². The molecule has 1 amide bonds. The van der Waals surface area contributed by atoms with Crippen LogP contribution in [0.15, 0.2) is 48.6 Å². The van der Waals surface area contributed by atoms with Crippen LogP contribution in [0.1, 0.15) is 296 Å². The van der Waals surface area contributed by atoms with Gasteiger partial charge in [0.05, 0.1) is 18.8 Å². The minimum Gasteiger partial charge on any atom is -0.394 e. The first kappa shape index (κ1) is 64.3. The van der Waals surface area contributed by atoms with E-state index in [1.165, 1.54) is 212 Å². The van der Waals surface area contributed by atoms with Gasteiger partial charge in [0.2, 0.25) is 5.91 Å². The van der Waals surface area contributed by atoms with E-state index in [4.69, 9.17) is 0 Å². The van der Waals surface area contributed by atoms with Gasteiger partial charge in [0, 0.05) is 0 Å². The van der Waals surface area contributed by atoms with E-state index >= 15 is 0 Å². The Balaban J connectivity index is 3.64. The summed E-state index contributed by atoms with van der Waals surface area (Å²) in [6.07, 6.45) is 69.0. The number of aliphatic hydroxyl groups excluding tert-OH is 4. The summed E-state index contributed by atoms with van der Waals surface area (Å²) in [4.78, 5) is 12.6. The largest absolute Gasteiger partial charge is 0.394 e. The van der Waals surface area contributed by atoms with Gasteiger partial charge in [0.25, 0.3) is 0 Å². The molecular formula is C60H113NO5. The Morgan fingerprint density at radius 1 is 0.364 bits per heavy atom. The molecule has 0 aromatic heterocycles. The van der Waals surface area contributed by atoms with Crippen LogP contribution >= 0.6 is 0 Å². The Kier molecular flexibility index (Phi) is 52.8. The fraction of sp³-hybridized carbons (Fsp3) is 0.850. The summed E-state index contributed by atoms with van der Waals surface area (Å²) in [5, 5.41) is 43.9. The maximum absolute atomic E-state index is 12.6. The van der Waals surface area contributed by atoms with Crippen LogP contribution in [0.5, 0.6) is 0 Å². The second kappa shape index (κ2) is 54.2. The first-order chi connectivity index (χ1) is 32.5. The maximum atomic E-state index is 12.6. The van der Waals surface area contributed by atoms with Crippen LogP contribution < -0.4 is 5.32 Å². The van der Waals surface area contributed by atoms with E-state index in [0.29, 0.717) is 19.3 Å². The van der Waals surface area contributed by atoms with E-state index in [1.807, 2.05) is 0 Å². The average molecular weight is 929 g/mol. The molecule has 0 bridgehead atoms. The molecule has 6 nitrogen and oxygen atoms in total. The summed E-state index contributed by atoms with van der Waals surface area (Å²) in [5.41, 5.74) is 0. The van der Waals surface area contributed by atoms with E-state index in [-0.39, 0.29) is 0 Å². The smallest absolute Gasteiger partial charge is 0.249 e. The Morgan fingerprint density at radius 2 is 0.636 bits per heavy atom. The zero-order chi connectivity index (χ0) is 48.1. The van der Waals surface area contributed by atoms with Gasteiger partial charge in [-0.3, -0.25) is 4.79 Å². The molecule has 5 N–H and O–H groups in total. The van der Waals surface area contributed by atoms with Crippen molar-refractivity contribution < 1.29 is 25.2 Å².